The van der Waals surface area contributed by atoms with Crippen molar-refractivity contribution in [3.05, 3.63) is 28.2 Å². The van der Waals surface area contributed by atoms with E-state index in [0.29, 0.717) is 13.2 Å². The fraction of sp³-hybridized carbons (Fsp3) is 0.625. The molecule has 2 aromatic rings. The Labute approximate surface area is 145 Å². The molecule has 0 radical (unpaired) electrons. The Morgan fingerprint density at radius 1 is 1.54 bits per heavy atom. The van der Waals surface area contributed by atoms with Crippen LogP contribution in [0.3, 0.4) is 0 Å². The van der Waals surface area contributed by atoms with Gasteiger partial charge in [-0.1, -0.05) is 0 Å². The second kappa shape index (κ2) is 7.40. The lowest BCUT2D eigenvalue weighted by molar-refractivity contribution is 0.0676. The second-order valence-electron chi connectivity index (χ2n) is 5.99. The summed E-state index contributed by atoms with van der Waals surface area (Å²) in [6, 6.07) is 0.195. The van der Waals surface area contributed by atoms with E-state index in [-0.39, 0.29) is 18.1 Å². The van der Waals surface area contributed by atoms with Crippen LogP contribution in [-0.4, -0.2) is 50.3 Å². The highest BCUT2D eigenvalue weighted by atomic mass is 32.1. The quantitative estimate of drug-likeness (QED) is 0.829. The highest BCUT2D eigenvalue weighted by molar-refractivity contribution is 7.13. The minimum Gasteiger partial charge on any atom is -0.372 e. The summed E-state index contributed by atoms with van der Waals surface area (Å²) in [6.45, 7) is 7.89. The van der Waals surface area contributed by atoms with Gasteiger partial charge in [0, 0.05) is 19.7 Å². The maximum absolute atomic E-state index is 12.9. The van der Waals surface area contributed by atoms with Crippen LogP contribution in [0.4, 0.5) is 0 Å². The van der Waals surface area contributed by atoms with Crippen LogP contribution in [0.25, 0.3) is 0 Å². The van der Waals surface area contributed by atoms with Crippen molar-refractivity contribution < 1.29 is 9.53 Å². The van der Waals surface area contributed by atoms with Gasteiger partial charge in [-0.2, -0.15) is 5.10 Å². The molecule has 2 atom stereocenters. The molecule has 0 aromatic carbocycles. The normalized spacial score (nSPS) is 19.5. The Morgan fingerprint density at radius 2 is 2.38 bits per heavy atom. The van der Waals surface area contributed by atoms with Gasteiger partial charge in [-0.05, 0) is 33.6 Å². The van der Waals surface area contributed by atoms with Gasteiger partial charge in [0.2, 0.25) is 0 Å². The van der Waals surface area contributed by atoms with E-state index in [1.165, 1.54) is 17.7 Å². The highest BCUT2D eigenvalue weighted by Gasteiger charge is 2.28. The molecule has 3 heterocycles. The summed E-state index contributed by atoms with van der Waals surface area (Å²) < 4.78 is 7.44. The molecule has 2 aromatic heterocycles. The summed E-state index contributed by atoms with van der Waals surface area (Å²) in [7, 11) is 0. The predicted octanol–water partition coefficient (Wildman–Crippen LogP) is 2.62. The van der Waals surface area contributed by atoms with E-state index in [0.717, 1.165) is 35.0 Å². The molecule has 1 fully saturated rings. The van der Waals surface area contributed by atoms with Crippen LogP contribution in [0.5, 0.6) is 0 Å². The first kappa shape index (κ1) is 17.0. The minimum atomic E-state index is -0.0792. The Kier molecular flexibility index (Phi) is 5.25. The lowest BCUT2D eigenvalue weighted by Gasteiger charge is -2.32. The van der Waals surface area contributed by atoms with E-state index >= 15 is 0 Å². The van der Waals surface area contributed by atoms with Gasteiger partial charge >= 0.3 is 0 Å². The number of aryl methyl sites for hydroxylation is 1. The lowest BCUT2D eigenvalue weighted by Crippen LogP contribution is -2.40. The molecule has 1 aliphatic heterocycles. The number of nitrogens with zero attached hydrogens (tertiary/aromatic N) is 5. The van der Waals surface area contributed by atoms with Gasteiger partial charge < -0.3 is 9.64 Å². The minimum absolute atomic E-state index is 0.0600. The molecule has 1 saturated heterocycles. The molecule has 24 heavy (non-hydrogen) atoms. The largest absolute Gasteiger partial charge is 0.372 e. The standard InChI is InChI=1S/C16H23N5O2S/c1-4-23-12(3)15-19-11(2)14(24-15)16(22)20-7-5-6-13(8-20)21-10-17-9-18-21/h9-10,12-13H,4-8H2,1-3H3/t12-,13+/m0/s1. The van der Waals surface area contributed by atoms with Crippen molar-refractivity contribution in [3.8, 4) is 0 Å². The van der Waals surface area contributed by atoms with Crippen LogP contribution in [-0.2, 0) is 4.74 Å². The van der Waals surface area contributed by atoms with Crippen molar-refractivity contribution in [2.45, 2.75) is 45.8 Å². The van der Waals surface area contributed by atoms with E-state index in [1.54, 1.807) is 6.33 Å². The number of thiazole rings is 1. The number of rotatable bonds is 5. The lowest BCUT2D eigenvalue weighted by atomic mass is 10.1. The SMILES string of the molecule is CCO[C@@H](C)c1nc(C)c(C(=O)N2CCC[C@@H](n3cncn3)C2)s1. The zero-order valence-corrected chi connectivity index (χ0v) is 15.1. The number of hydrogen-bond acceptors (Lipinski definition) is 6. The maximum atomic E-state index is 12.9. The average Bonchev–Trinajstić information content (AvgIpc) is 3.24. The number of hydrogen-bond donors (Lipinski definition) is 0. The molecule has 0 unspecified atom stereocenters. The molecular formula is C16H23N5O2S. The maximum Gasteiger partial charge on any atom is 0.265 e. The monoisotopic (exact) mass is 349 g/mol. The van der Waals surface area contributed by atoms with Crippen molar-refractivity contribution in [2.75, 3.05) is 19.7 Å². The topological polar surface area (TPSA) is 73.1 Å². The molecule has 0 N–H and O–H groups in total. The number of piperidine rings is 1. The number of carbonyl (C=O) groups is 1. The summed E-state index contributed by atoms with van der Waals surface area (Å²) in [4.78, 5) is 24.1. The van der Waals surface area contributed by atoms with E-state index < -0.39 is 0 Å². The Hall–Kier alpha value is -1.80. The van der Waals surface area contributed by atoms with E-state index in [4.69, 9.17) is 4.74 Å². The highest BCUT2D eigenvalue weighted by Crippen LogP contribution is 2.29. The number of amides is 1. The molecule has 7 nitrogen and oxygen atoms in total. The van der Waals surface area contributed by atoms with Crippen LogP contribution in [0, 0.1) is 6.92 Å². The third kappa shape index (κ3) is 3.49. The molecule has 0 aliphatic carbocycles. The van der Waals surface area contributed by atoms with Crippen molar-refractivity contribution in [1.29, 1.82) is 0 Å². The first-order valence-corrected chi connectivity index (χ1v) is 9.14. The van der Waals surface area contributed by atoms with Crippen LogP contribution in [0.2, 0.25) is 0 Å². The van der Waals surface area contributed by atoms with Crippen LogP contribution >= 0.6 is 11.3 Å². The zero-order valence-electron chi connectivity index (χ0n) is 14.3. The summed E-state index contributed by atoms with van der Waals surface area (Å²) in [5.41, 5.74) is 0.787. The summed E-state index contributed by atoms with van der Waals surface area (Å²) in [5, 5.41) is 5.08. The molecule has 130 valence electrons. The molecular weight excluding hydrogens is 326 g/mol. The zero-order chi connectivity index (χ0) is 17.1. The van der Waals surface area contributed by atoms with Crippen molar-refractivity contribution in [1.82, 2.24) is 24.6 Å². The molecule has 1 amide bonds. The van der Waals surface area contributed by atoms with Gasteiger partial charge in [-0.25, -0.2) is 14.6 Å². The summed E-state index contributed by atoms with van der Waals surface area (Å²) in [6.07, 6.45) is 5.16. The molecule has 1 aliphatic rings. The van der Waals surface area contributed by atoms with Crippen molar-refractivity contribution in [3.63, 3.8) is 0 Å². The summed E-state index contributed by atoms with van der Waals surface area (Å²) in [5.74, 6) is 0.0600. The smallest absolute Gasteiger partial charge is 0.265 e. The third-order valence-electron chi connectivity index (χ3n) is 4.27. The van der Waals surface area contributed by atoms with E-state index in [9.17, 15) is 4.79 Å². The van der Waals surface area contributed by atoms with Gasteiger partial charge in [-0.3, -0.25) is 4.79 Å². The van der Waals surface area contributed by atoms with Crippen molar-refractivity contribution >= 4 is 17.2 Å². The Balaban J connectivity index is 1.74. The molecule has 3 rings (SSSR count). The first-order chi connectivity index (χ1) is 11.6. The molecule has 0 bridgehead atoms. The van der Waals surface area contributed by atoms with E-state index in [2.05, 4.69) is 15.1 Å². The van der Waals surface area contributed by atoms with Gasteiger partial charge in [0.25, 0.3) is 5.91 Å². The Morgan fingerprint density at radius 3 is 3.08 bits per heavy atom. The van der Waals surface area contributed by atoms with Crippen LogP contribution in [0.1, 0.15) is 59.2 Å². The predicted molar refractivity (Wildman–Crippen MR) is 91.1 cm³/mol. The molecule has 8 heteroatoms. The Bertz CT molecular complexity index is 685. The number of ether oxygens (including phenoxy) is 1. The third-order valence-corrected chi connectivity index (χ3v) is 5.57. The molecule has 0 saturated carbocycles. The summed E-state index contributed by atoms with van der Waals surface area (Å²) >= 11 is 1.45. The second-order valence-corrected chi connectivity index (χ2v) is 7.02. The average molecular weight is 349 g/mol. The van der Waals surface area contributed by atoms with Crippen LogP contribution < -0.4 is 0 Å². The number of likely N-dealkylation sites (tertiary alicyclic amines) is 1. The fourth-order valence-corrected chi connectivity index (χ4v) is 4.05. The van der Waals surface area contributed by atoms with Gasteiger partial charge in [0.15, 0.2) is 0 Å². The number of aromatic nitrogens is 4. The number of carbonyl (C=O) groups excluding carboxylic acids is 1. The first-order valence-electron chi connectivity index (χ1n) is 8.32. The molecule has 0 spiro atoms. The van der Waals surface area contributed by atoms with Crippen molar-refractivity contribution in [2.24, 2.45) is 0 Å². The fourth-order valence-electron chi connectivity index (χ4n) is 3.02. The van der Waals surface area contributed by atoms with Gasteiger partial charge in [0.1, 0.15) is 28.6 Å². The van der Waals surface area contributed by atoms with Crippen LogP contribution in [0.15, 0.2) is 12.7 Å². The van der Waals surface area contributed by atoms with Gasteiger partial charge in [-0.15, -0.1) is 11.3 Å². The van der Waals surface area contributed by atoms with E-state index in [1.807, 2.05) is 30.4 Å². The van der Waals surface area contributed by atoms with Gasteiger partial charge in [0.05, 0.1) is 11.7 Å².